The summed E-state index contributed by atoms with van der Waals surface area (Å²) in [5.41, 5.74) is 3.40. The minimum absolute atomic E-state index is 0.103. The number of rotatable bonds is 3. The topological polar surface area (TPSA) is 53.0 Å². The molecule has 1 aromatic heterocycles. The van der Waals surface area contributed by atoms with Crippen LogP contribution in [-0.2, 0) is 9.59 Å². The average molecular weight is 265 g/mol. The van der Waals surface area contributed by atoms with Crippen LogP contribution in [0.2, 0.25) is 0 Å². The highest BCUT2D eigenvalue weighted by molar-refractivity contribution is 6.14. The first-order valence-corrected chi connectivity index (χ1v) is 6.39. The van der Waals surface area contributed by atoms with Crippen LogP contribution in [0.4, 0.5) is 11.4 Å². The molecule has 5 nitrogen and oxygen atoms in total. The van der Waals surface area contributed by atoms with Crippen LogP contribution in [0.15, 0.2) is 42.6 Å². The molecule has 2 saturated heterocycles. The van der Waals surface area contributed by atoms with Crippen molar-refractivity contribution < 1.29 is 9.59 Å². The van der Waals surface area contributed by atoms with Crippen molar-refractivity contribution in [2.24, 2.45) is 0 Å². The second-order valence-corrected chi connectivity index (χ2v) is 4.91. The summed E-state index contributed by atoms with van der Waals surface area (Å²) in [5.74, 6) is 0.206. The highest BCUT2D eigenvalue weighted by atomic mass is 16.2. The van der Waals surface area contributed by atoms with Gasteiger partial charge in [-0.1, -0.05) is 6.07 Å². The summed E-state index contributed by atoms with van der Waals surface area (Å²) < 4.78 is 0. The number of hydrogen-bond donors (Lipinski definition) is 0. The molecule has 4 rings (SSSR count). The van der Waals surface area contributed by atoms with E-state index in [2.05, 4.69) is 4.98 Å². The van der Waals surface area contributed by atoms with E-state index in [1.165, 1.54) is 0 Å². The standard InChI is InChI=1S/C15H11N3O2/c19-14-8-17(14)11-5-10(13-3-1-2-4-16-13)6-12(7-11)18-9-15(18)20/h1-7H,8-9H2. The lowest BCUT2D eigenvalue weighted by molar-refractivity contribution is -0.110. The molecule has 98 valence electrons. The molecule has 0 saturated carbocycles. The molecule has 0 aliphatic carbocycles. The van der Waals surface area contributed by atoms with E-state index in [4.69, 9.17) is 0 Å². The maximum atomic E-state index is 11.3. The molecule has 0 unspecified atom stereocenters. The number of amides is 2. The molecule has 2 amide bonds. The molecule has 2 aliphatic heterocycles. The molecular formula is C15H11N3O2. The minimum atomic E-state index is 0.103. The zero-order valence-corrected chi connectivity index (χ0v) is 10.6. The van der Waals surface area contributed by atoms with E-state index in [-0.39, 0.29) is 11.8 Å². The number of hydrogen-bond acceptors (Lipinski definition) is 3. The third-order valence-electron chi connectivity index (χ3n) is 3.47. The van der Waals surface area contributed by atoms with Crippen LogP contribution < -0.4 is 9.80 Å². The normalized spacial score (nSPS) is 16.6. The van der Waals surface area contributed by atoms with E-state index in [0.29, 0.717) is 13.1 Å². The highest BCUT2D eigenvalue weighted by Crippen LogP contribution is 2.35. The molecule has 2 fully saturated rings. The van der Waals surface area contributed by atoms with E-state index in [1.807, 2.05) is 36.4 Å². The van der Waals surface area contributed by atoms with Crippen LogP contribution in [0.5, 0.6) is 0 Å². The van der Waals surface area contributed by atoms with Crippen LogP contribution in [-0.4, -0.2) is 29.9 Å². The van der Waals surface area contributed by atoms with Crippen molar-refractivity contribution in [2.75, 3.05) is 22.9 Å². The molecule has 0 bridgehead atoms. The minimum Gasteiger partial charge on any atom is -0.301 e. The monoisotopic (exact) mass is 265 g/mol. The fourth-order valence-corrected chi connectivity index (χ4v) is 2.26. The maximum Gasteiger partial charge on any atom is 0.247 e. The van der Waals surface area contributed by atoms with E-state index in [9.17, 15) is 9.59 Å². The second-order valence-electron chi connectivity index (χ2n) is 4.91. The summed E-state index contributed by atoms with van der Waals surface area (Å²) in [6, 6.07) is 11.4. The molecule has 0 atom stereocenters. The lowest BCUT2D eigenvalue weighted by Crippen LogP contribution is -1.99. The first-order chi connectivity index (χ1) is 9.72. The van der Waals surface area contributed by atoms with Crippen LogP contribution >= 0.6 is 0 Å². The molecule has 2 aromatic rings. The Labute approximate surface area is 115 Å². The van der Waals surface area contributed by atoms with Gasteiger partial charge in [0.25, 0.3) is 0 Å². The summed E-state index contributed by atoms with van der Waals surface area (Å²) >= 11 is 0. The molecule has 2 aliphatic rings. The maximum absolute atomic E-state index is 11.3. The first kappa shape index (κ1) is 11.2. The number of pyridine rings is 1. The number of carbonyl (C=O) groups is 2. The van der Waals surface area contributed by atoms with Gasteiger partial charge in [-0.3, -0.25) is 14.6 Å². The molecule has 0 N–H and O–H groups in total. The van der Waals surface area contributed by atoms with Crippen LogP contribution in [0, 0.1) is 0 Å². The van der Waals surface area contributed by atoms with Gasteiger partial charge in [-0.2, -0.15) is 0 Å². The molecule has 0 radical (unpaired) electrons. The number of anilines is 2. The number of carbonyl (C=O) groups excluding carboxylic acids is 2. The molecule has 5 heteroatoms. The number of benzene rings is 1. The Morgan fingerprint density at radius 1 is 0.900 bits per heavy atom. The SMILES string of the molecule is O=C1CN1c1cc(-c2ccccn2)cc(N2CC2=O)c1. The summed E-state index contributed by atoms with van der Waals surface area (Å²) in [6.45, 7) is 0.887. The van der Waals surface area contributed by atoms with Crippen molar-refractivity contribution in [1.29, 1.82) is 0 Å². The lowest BCUT2D eigenvalue weighted by atomic mass is 10.1. The first-order valence-electron chi connectivity index (χ1n) is 6.39. The van der Waals surface area contributed by atoms with Gasteiger partial charge in [-0.05, 0) is 30.3 Å². The average Bonchev–Trinajstić information content (AvgIpc) is 3.38. The van der Waals surface area contributed by atoms with Gasteiger partial charge in [0.15, 0.2) is 0 Å². The van der Waals surface area contributed by atoms with Crippen molar-refractivity contribution in [3.05, 3.63) is 42.6 Å². The van der Waals surface area contributed by atoms with Gasteiger partial charge in [-0.15, -0.1) is 0 Å². The van der Waals surface area contributed by atoms with E-state index < -0.39 is 0 Å². The zero-order chi connectivity index (χ0) is 13.7. The van der Waals surface area contributed by atoms with Gasteiger partial charge >= 0.3 is 0 Å². The molecule has 0 spiro atoms. The van der Waals surface area contributed by atoms with Gasteiger partial charge in [0.05, 0.1) is 5.69 Å². The molecule has 20 heavy (non-hydrogen) atoms. The fraction of sp³-hybridized carbons (Fsp3) is 0.133. The Balaban J connectivity index is 1.81. The quantitative estimate of drug-likeness (QED) is 0.789. The summed E-state index contributed by atoms with van der Waals surface area (Å²) in [7, 11) is 0. The largest absolute Gasteiger partial charge is 0.301 e. The predicted octanol–water partition coefficient (Wildman–Crippen LogP) is 1.44. The van der Waals surface area contributed by atoms with E-state index >= 15 is 0 Å². The van der Waals surface area contributed by atoms with Crippen molar-refractivity contribution in [2.45, 2.75) is 0 Å². The Hall–Kier alpha value is -2.69. The Morgan fingerprint density at radius 3 is 1.95 bits per heavy atom. The van der Waals surface area contributed by atoms with Gasteiger partial charge < -0.3 is 9.80 Å². The van der Waals surface area contributed by atoms with Gasteiger partial charge in [0.1, 0.15) is 13.1 Å². The number of aromatic nitrogens is 1. The number of nitrogens with zero attached hydrogens (tertiary/aromatic N) is 3. The van der Waals surface area contributed by atoms with E-state index in [1.54, 1.807) is 16.0 Å². The van der Waals surface area contributed by atoms with E-state index in [0.717, 1.165) is 22.6 Å². The van der Waals surface area contributed by atoms with Gasteiger partial charge in [0.2, 0.25) is 11.8 Å². The third-order valence-corrected chi connectivity index (χ3v) is 3.47. The third kappa shape index (κ3) is 1.84. The lowest BCUT2D eigenvalue weighted by Gasteiger charge is -2.09. The molecule has 3 heterocycles. The summed E-state index contributed by atoms with van der Waals surface area (Å²) in [6.07, 6.45) is 1.73. The summed E-state index contributed by atoms with van der Waals surface area (Å²) in [4.78, 5) is 30.3. The van der Waals surface area contributed by atoms with Crippen molar-refractivity contribution >= 4 is 23.2 Å². The van der Waals surface area contributed by atoms with Crippen LogP contribution in [0.25, 0.3) is 11.3 Å². The van der Waals surface area contributed by atoms with Crippen molar-refractivity contribution in [3.8, 4) is 11.3 Å². The second kappa shape index (κ2) is 3.90. The van der Waals surface area contributed by atoms with Gasteiger partial charge in [0, 0.05) is 23.1 Å². The van der Waals surface area contributed by atoms with Crippen LogP contribution in [0.1, 0.15) is 0 Å². The molecule has 1 aromatic carbocycles. The smallest absolute Gasteiger partial charge is 0.247 e. The molecular weight excluding hydrogens is 254 g/mol. The zero-order valence-electron chi connectivity index (χ0n) is 10.6. The van der Waals surface area contributed by atoms with Crippen molar-refractivity contribution in [1.82, 2.24) is 4.98 Å². The highest BCUT2D eigenvalue weighted by Gasteiger charge is 2.35. The Bertz CT molecular complexity index is 687. The predicted molar refractivity (Wildman–Crippen MR) is 74.4 cm³/mol. The summed E-state index contributed by atoms with van der Waals surface area (Å²) in [5, 5.41) is 0. The Kier molecular flexibility index (Phi) is 2.18. The van der Waals surface area contributed by atoms with Crippen molar-refractivity contribution in [3.63, 3.8) is 0 Å². The van der Waals surface area contributed by atoms with Crippen LogP contribution in [0.3, 0.4) is 0 Å². The Morgan fingerprint density at radius 2 is 1.50 bits per heavy atom. The fourth-order valence-electron chi connectivity index (χ4n) is 2.26. The van der Waals surface area contributed by atoms with Gasteiger partial charge in [-0.25, -0.2) is 0 Å².